The van der Waals surface area contributed by atoms with Crippen LogP contribution in [0.25, 0.3) is 0 Å². The van der Waals surface area contributed by atoms with E-state index in [0.29, 0.717) is 5.56 Å². The third-order valence-electron chi connectivity index (χ3n) is 2.95. The van der Waals surface area contributed by atoms with Crippen molar-refractivity contribution in [1.29, 1.82) is 0 Å². The van der Waals surface area contributed by atoms with Gasteiger partial charge in [-0.25, -0.2) is 4.98 Å². The molecule has 0 aliphatic heterocycles. The van der Waals surface area contributed by atoms with Gasteiger partial charge in [-0.15, -0.1) is 0 Å². The molecule has 94 valence electrons. The fraction of sp³-hybridized carbons (Fsp3) is 0.583. The van der Waals surface area contributed by atoms with Crippen molar-refractivity contribution in [2.75, 3.05) is 5.73 Å². The number of anilines is 1. The first-order chi connectivity index (χ1) is 7.80. The lowest BCUT2D eigenvalue weighted by Crippen LogP contribution is -2.16. The van der Waals surface area contributed by atoms with Gasteiger partial charge in [-0.05, 0) is 36.3 Å². The second-order valence-corrected chi connectivity index (χ2v) is 4.82. The molecule has 1 aromatic heterocycles. The number of nitrogens with zero attached hydrogens (tertiary/aromatic N) is 1. The fourth-order valence-corrected chi connectivity index (χ4v) is 2.05. The monoisotopic (exact) mass is 244 g/mol. The quantitative estimate of drug-likeness (QED) is 0.861. The highest BCUT2D eigenvalue weighted by molar-refractivity contribution is 5.47. The van der Waals surface area contributed by atoms with Crippen LogP contribution in [0.3, 0.4) is 0 Å². The molecule has 2 nitrogen and oxygen atoms in total. The molecule has 1 aromatic rings. The van der Waals surface area contributed by atoms with E-state index in [4.69, 9.17) is 5.73 Å². The van der Waals surface area contributed by atoms with Gasteiger partial charge in [0.25, 0.3) is 0 Å². The summed E-state index contributed by atoms with van der Waals surface area (Å²) >= 11 is 0. The summed E-state index contributed by atoms with van der Waals surface area (Å²) in [6, 6.07) is 1.38. The zero-order valence-electron chi connectivity index (χ0n) is 9.80. The van der Waals surface area contributed by atoms with Gasteiger partial charge in [0.15, 0.2) is 0 Å². The van der Waals surface area contributed by atoms with Gasteiger partial charge in [0.05, 0.1) is 11.3 Å². The zero-order valence-corrected chi connectivity index (χ0v) is 9.80. The lowest BCUT2D eigenvalue weighted by molar-refractivity contribution is -0.139. The summed E-state index contributed by atoms with van der Waals surface area (Å²) in [5, 5.41) is 0. The largest absolute Gasteiger partial charge is 0.418 e. The van der Waals surface area contributed by atoms with Gasteiger partial charge in [-0.2, -0.15) is 13.2 Å². The highest BCUT2D eigenvalue weighted by Crippen LogP contribution is 2.48. The van der Waals surface area contributed by atoms with Crippen LogP contribution >= 0.6 is 0 Å². The van der Waals surface area contributed by atoms with Crippen LogP contribution in [0.15, 0.2) is 6.07 Å². The van der Waals surface area contributed by atoms with Crippen LogP contribution in [-0.4, -0.2) is 4.98 Å². The first kappa shape index (κ1) is 12.2. The average Bonchev–Trinajstić information content (AvgIpc) is 2.96. The van der Waals surface area contributed by atoms with Crippen molar-refractivity contribution in [2.24, 2.45) is 0 Å². The van der Waals surface area contributed by atoms with Crippen LogP contribution in [0.4, 0.5) is 19.0 Å². The van der Waals surface area contributed by atoms with Crippen molar-refractivity contribution in [2.45, 2.75) is 44.7 Å². The van der Waals surface area contributed by atoms with Gasteiger partial charge >= 0.3 is 6.18 Å². The number of aromatic nitrogens is 1. The standard InChI is InChI=1S/C12H15F3N2/c1-6(2)11-10(12(13,14)15)8(7-3-4-7)5-9(16)17-11/h5-7H,3-4H2,1-2H3,(H2,16,17). The minimum Gasteiger partial charge on any atom is -0.384 e. The summed E-state index contributed by atoms with van der Waals surface area (Å²) in [4.78, 5) is 3.87. The molecular weight excluding hydrogens is 229 g/mol. The minimum absolute atomic E-state index is 0.00873. The number of alkyl halides is 3. The molecule has 1 aliphatic rings. The van der Waals surface area contributed by atoms with E-state index < -0.39 is 11.7 Å². The van der Waals surface area contributed by atoms with Crippen molar-refractivity contribution in [3.05, 3.63) is 22.9 Å². The Kier molecular flexibility index (Phi) is 2.79. The maximum atomic E-state index is 13.1. The highest BCUT2D eigenvalue weighted by Gasteiger charge is 2.41. The van der Waals surface area contributed by atoms with E-state index in [1.165, 1.54) is 6.07 Å². The SMILES string of the molecule is CC(C)c1nc(N)cc(C2CC2)c1C(F)(F)F. The topological polar surface area (TPSA) is 38.9 Å². The first-order valence-electron chi connectivity index (χ1n) is 5.68. The second kappa shape index (κ2) is 3.89. The van der Waals surface area contributed by atoms with Crippen LogP contribution in [0, 0.1) is 0 Å². The minimum atomic E-state index is -4.35. The molecule has 2 rings (SSSR count). The van der Waals surface area contributed by atoms with Crippen molar-refractivity contribution in [3.8, 4) is 0 Å². The highest BCUT2D eigenvalue weighted by atomic mass is 19.4. The molecule has 1 fully saturated rings. The van der Waals surface area contributed by atoms with E-state index >= 15 is 0 Å². The lowest BCUT2D eigenvalue weighted by atomic mass is 9.96. The third-order valence-corrected chi connectivity index (χ3v) is 2.95. The van der Waals surface area contributed by atoms with E-state index in [1.54, 1.807) is 13.8 Å². The normalized spacial score (nSPS) is 16.6. The second-order valence-electron chi connectivity index (χ2n) is 4.82. The summed E-state index contributed by atoms with van der Waals surface area (Å²) in [6.45, 7) is 3.40. The smallest absolute Gasteiger partial charge is 0.384 e. The van der Waals surface area contributed by atoms with Crippen molar-refractivity contribution in [3.63, 3.8) is 0 Å². The molecule has 0 spiro atoms. The van der Waals surface area contributed by atoms with Crippen molar-refractivity contribution >= 4 is 5.82 Å². The summed E-state index contributed by atoms with van der Waals surface area (Å²) in [5.74, 6) is -0.0920. The van der Waals surface area contributed by atoms with E-state index in [1.807, 2.05) is 0 Å². The summed E-state index contributed by atoms with van der Waals surface area (Å²) in [7, 11) is 0. The Morgan fingerprint density at radius 1 is 1.35 bits per heavy atom. The van der Waals surface area contributed by atoms with Crippen LogP contribution in [-0.2, 0) is 6.18 Å². The van der Waals surface area contributed by atoms with Crippen LogP contribution in [0.1, 0.15) is 55.3 Å². The van der Waals surface area contributed by atoms with Gasteiger partial charge in [0.2, 0.25) is 0 Å². The van der Waals surface area contributed by atoms with Gasteiger partial charge in [0, 0.05) is 0 Å². The van der Waals surface area contributed by atoms with E-state index in [2.05, 4.69) is 4.98 Å². The van der Waals surface area contributed by atoms with Crippen molar-refractivity contribution in [1.82, 2.24) is 4.98 Å². The predicted molar refractivity (Wildman–Crippen MR) is 59.7 cm³/mol. The molecule has 0 saturated heterocycles. The van der Waals surface area contributed by atoms with E-state index in [-0.39, 0.29) is 23.3 Å². The van der Waals surface area contributed by atoms with Gasteiger partial charge < -0.3 is 5.73 Å². The molecule has 2 N–H and O–H groups in total. The Labute approximate surface area is 98.0 Å². The fourth-order valence-electron chi connectivity index (χ4n) is 2.05. The number of hydrogen-bond donors (Lipinski definition) is 1. The number of hydrogen-bond acceptors (Lipinski definition) is 2. The van der Waals surface area contributed by atoms with E-state index in [9.17, 15) is 13.2 Å². The number of nitrogen functional groups attached to an aromatic ring is 1. The van der Waals surface area contributed by atoms with Crippen molar-refractivity contribution < 1.29 is 13.2 Å². The third kappa shape index (κ3) is 2.37. The molecule has 0 aromatic carbocycles. The molecular formula is C12H15F3N2. The molecule has 1 aliphatic carbocycles. The molecule has 0 amide bonds. The predicted octanol–water partition coefficient (Wildman–Crippen LogP) is 3.68. The summed E-state index contributed by atoms with van der Waals surface area (Å²) in [5.41, 5.74) is 5.43. The molecule has 0 unspecified atom stereocenters. The molecule has 0 atom stereocenters. The molecule has 0 bridgehead atoms. The molecule has 17 heavy (non-hydrogen) atoms. The molecule has 1 heterocycles. The average molecular weight is 244 g/mol. The number of halogens is 3. The Balaban J connectivity index is 2.65. The maximum absolute atomic E-state index is 13.1. The van der Waals surface area contributed by atoms with Gasteiger partial charge in [-0.1, -0.05) is 13.8 Å². The Hall–Kier alpha value is -1.26. The Bertz CT molecular complexity index is 411. The maximum Gasteiger partial charge on any atom is 0.418 e. The number of pyridine rings is 1. The van der Waals surface area contributed by atoms with Crippen LogP contribution in [0.2, 0.25) is 0 Å². The molecule has 5 heteroatoms. The first-order valence-corrected chi connectivity index (χ1v) is 5.68. The molecule has 1 saturated carbocycles. The number of rotatable bonds is 2. The lowest BCUT2D eigenvalue weighted by Gasteiger charge is -2.19. The van der Waals surface area contributed by atoms with Crippen LogP contribution < -0.4 is 5.73 Å². The Morgan fingerprint density at radius 2 is 1.94 bits per heavy atom. The van der Waals surface area contributed by atoms with Crippen LogP contribution in [0.5, 0.6) is 0 Å². The molecule has 0 radical (unpaired) electrons. The van der Waals surface area contributed by atoms with Gasteiger partial charge in [-0.3, -0.25) is 0 Å². The van der Waals surface area contributed by atoms with Gasteiger partial charge in [0.1, 0.15) is 5.82 Å². The van der Waals surface area contributed by atoms with E-state index in [0.717, 1.165) is 12.8 Å². The Morgan fingerprint density at radius 3 is 2.35 bits per heavy atom. The summed E-state index contributed by atoms with van der Waals surface area (Å²) < 4.78 is 39.3. The number of nitrogens with two attached hydrogens (primary N) is 1. The summed E-state index contributed by atoms with van der Waals surface area (Å²) in [6.07, 6.45) is -2.73. The zero-order chi connectivity index (χ0) is 12.8.